The monoisotopic (exact) mass is 258 g/mol. The van der Waals surface area contributed by atoms with E-state index in [1.165, 1.54) is 0 Å². The summed E-state index contributed by atoms with van der Waals surface area (Å²) in [6.07, 6.45) is 0.0309. The van der Waals surface area contributed by atoms with E-state index in [-0.39, 0.29) is 24.9 Å². The molecule has 1 aromatic carbocycles. The van der Waals surface area contributed by atoms with Gasteiger partial charge in [0.1, 0.15) is 12.4 Å². The second-order valence-corrected chi connectivity index (χ2v) is 3.95. The SMILES string of the molecule is CC(C)OCCOc1c(F)cc(C(=N)N)cc1F. The van der Waals surface area contributed by atoms with Crippen molar-refractivity contribution in [2.75, 3.05) is 13.2 Å². The van der Waals surface area contributed by atoms with Crippen LogP contribution in [0.1, 0.15) is 19.4 Å². The molecule has 18 heavy (non-hydrogen) atoms. The molecule has 0 aromatic heterocycles. The van der Waals surface area contributed by atoms with Gasteiger partial charge >= 0.3 is 0 Å². The smallest absolute Gasteiger partial charge is 0.190 e. The maximum atomic E-state index is 13.5. The van der Waals surface area contributed by atoms with Crippen molar-refractivity contribution in [2.45, 2.75) is 20.0 Å². The maximum Gasteiger partial charge on any atom is 0.190 e. The number of halogens is 2. The van der Waals surface area contributed by atoms with E-state index < -0.39 is 23.2 Å². The zero-order valence-corrected chi connectivity index (χ0v) is 10.3. The molecule has 0 amide bonds. The van der Waals surface area contributed by atoms with Crippen LogP contribution >= 0.6 is 0 Å². The van der Waals surface area contributed by atoms with E-state index in [1.54, 1.807) is 0 Å². The molecule has 0 unspecified atom stereocenters. The summed E-state index contributed by atoms with van der Waals surface area (Å²) in [6.45, 7) is 3.99. The lowest BCUT2D eigenvalue weighted by molar-refractivity contribution is 0.0535. The molecule has 0 fully saturated rings. The lowest BCUT2D eigenvalue weighted by Crippen LogP contribution is -2.14. The molecule has 6 heteroatoms. The van der Waals surface area contributed by atoms with Gasteiger partial charge in [0.25, 0.3) is 0 Å². The van der Waals surface area contributed by atoms with E-state index in [9.17, 15) is 8.78 Å². The number of benzene rings is 1. The summed E-state index contributed by atoms with van der Waals surface area (Å²) in [7, 11) is 0. The molecule has 100 valence electrons. The largest absolute Gasteiger partial charge is 0.485 e. The predicted molar refractivity (Wildman–Crippen MR) is 64.0 cm³/mol. The van der Waals surface area contributed by atoms with Gasteiger partial charge in [-0.3, -0.25) is 5.41 Å². The Kier molecular flexibility index (Phi) is 5.03. The first-order valence-corrected chi connectivity index (χ1v) is 5.49. The number of ether oxygens (including phenoxy) is 2. The summed E-state index contributed by atoms with van der Waals surface area (Å²) in [5.41, 5.74) is 5.13. The quantitative estimate of drug-likeness (QED) is 0.466. The highest BCUT2D eigenvalue weighted by Gasteiger charge is 2.13. The van der Waals surface area contributed by atoms with Crippen LogP contribution in [0.3, 0.4) is 0 Å². The van der Waals surface area contributed by atoms with Crippen molar-refractivity contribution in [3.63, 3.8) is 0 Å². The van der Waals surface area contributed by atoms with Gasteiger partial charge in [0.05, 0.1) is 12.7 Å². The Hall–Kier alpha value is -1.69. The van der Waals surface area contributed by atoms with Gasteiger partial charge in [-0.15, -0.1) is 0 Å². The van der Waals surface area contributed by atoms with Crippen molar-refractivity contribution in [2.24, 2.45) is 5.73 Å². The van der Waals surface area contributed by atoms with Crippen LogP contribution in [0, 0.1) is 17.0 Å². The third-order valence-electron chi connectivity index (χ3n) is 2.09. The third-order valence-corrected chi connectivity index (χ3v) is 2.09. The number of nitrogen functional groups attached to an aromatic ring is 1. The molecule has 0 atom stereocenters. The summed E-state index contributed by atoms with van der Waals surface area (Å²) in [5, 5.41) is 7.10. The molecule has 0 aliphatic carbocycles. The molecule has 0 radical (unpaired) electrons. The van der Waals surface area contributed by atoms with Crippen LogP contribution in [0.5, 0.6) is 5.75 Å². The molecule has 0 aliphatic rings. The van der Waals surface area contributed by atoms with Gasteiger partial charge in [-0.1, -0.05) is 0 Å². The Bertz CT molecular complexity index is 413. The van der Waals surface area contributed by atoms with Gasteiger partial charge in [0, 0.05) is 5.56 Å². The number of hydrogen-bond donors (Lipinski definition) is 2. The topological polar surface area (TPSA) is 68.3 Å². The Morgan fingerprint density at radius 1 is 1.28 bits per heavy atom. The van der Waals surface area contributed by atoms with Crippen LogP contribution < -0.4 is 10.5 Å². The molecule has 0 saturated heterocycles. The molecule has 1 rings (SSSR count). The Balaban J connectivity index is 2.69. The average Bonchev–Trinajstić information content (AvgIpc) is 2.26. The third kappa shape index (κ3) is 3.96. The van der Waals surface area contributed by atoms with Crippen LogP contribution in [-0.4, -0.2) is 25.2 Å². The summed E-state index contributed by atoms with van der Waals surface area (Å²) >= 11 is 0. The first kappa shape index (κ1) is 14.4. The number of nitrogens with two attached hydrogens (primary N) is 1. The lowest BCUT2D eigenvalue weighted by atomic mass is 10.2. The zero-order valence-electron chi connectivity index (χ0n) is 10.3. The van der Waals surface area contributed by atoms with E-state index in [0.717, 1.165) is 12.1 Å². The maximum absolute atomic E-state index is 13.5. The van der Waals surface area contributed by atoms with Crippen molar-refractivity contribution in [3.05, 3.63) is 29.3 Å². The second-order valence-electron chi connectivity index (χ2n) is 3.95. The van der Waals surface area contributed by atoms with Crippen molar-refractivity contribution >= 4 is 5.84 Å². The summed E-state index contributed by atoms with van der Waals surface area (Å²) in [6, 6.07) is 1.92. The van der Waals surface area contributed by atoms with Crippen molar-refractivity contribution in [3.8, 4) is 5.75 Å². The normalized spacial score (nSPS) is 10.7. The lowest BCUT2D eigenvalue weighted by Gasteiger charge is -2.11. The van der Waals surface area contributed by atoms with Gasteiger partial charge in [0.2, 0.25) is 0 Å². The van der Waals surface area contributed by atoms with Gasteiger partial charge in [0.15, 0.2) is 17.4 Å². The Morgan fingerprint density at radius 3 is 2.28 bits per heavy atom. The average molecular weight is 258 g/mol. The molecule has 0 heterocycles. The van der Waals surface area contributed by atoms with Crippen LogP contribution in [0.15, 0.2) is 12.1 Å². The van der Waals surface area contributed by atoms with Crippen LogP contribution in [0.25, 0.3) is 0 Å². The Morgan fingerprint density at radius 2 is 1.83 bits per heavy atom. The van der Waals surface area contributed by atoms with Crippen LogP contribution in [-0.2, 0) is 4.74 Å². The number of hydrogen-bond acceptors (Lipinski definition) is 3. The Labute approximate surface area is 104 Å². The molecule has 1 aromatic rings. The van der Waals surface area contributed by atoms with E-state index in [0.29, 0.717) is 0 Å². The van der Waals surface area contributed by atoms with Gasteiger partial charge < -0.3 is 15.2 Å². The zero-order chi connectivity index (χ0) is 13.7. The minimum absolute atomic E-state index is 0.0178. The molecule has 0 spiro atoms. The van der Waals surface area contributed by atoms with Crippen LogP contribution in [0.4, 0.5) is 8.78 Å². The molecular weight excluding hydrogens is 242 g/mol. The summed E-state index contributed by atoms with van der Waals surface area (Å²) in [5.74, 6) is -2.65. The van der Waals surface area contributed by atoms with Crippen molar-refractivity contribution < 1.29 is 18.3 Å². The predicted octanol–water partition coefficient (Wildman–Crippen LogP) is 2.05. The first-order valence-electron chi connectivity index (χ1n) is 5.49. The van der Waals surface area contributed by atoms with Gasteiger partial charge in [-0.05, 0) is 26.0 Å². The van der Waals surface area contributed by atoms with E-state index in [1.807, 2.05) is 13.8 Å². The fourth-order valence-electron chi connectivity index (χ4n) is 1.28. The van der Waals surface area contributed by atoms with Crippen molar-refractivity contribution in [1.82, 2.24) is 0 Å². The molecular formula is C12H16F2N2O2. The summed E-state index contributed by atoms with van der Waals surface area (Å²) < 4.78 is 37.1. The highest BCUT2D eigenvalue weighted by molar-refractivity contribution is 5.95. The standard InChI is InChI=1S/C12H16F2N2O2/c1-7(2)17-3-4-18-11-9(13)5-8(12(15)16)6-10(11)14/h5-7H,3-4H2,1-2H3,(H3,15,16). The molecule has 3 N–H and O–H groups in total. The van der Waals surface area contributed by atoms with Gasteiger partial charge in [-0.25, -0.2) is 8.78 Å². The van der Waals surface area contributed by atoms with Gasteiger partial charge in [-0.2, -0.15) is 0 Å². The van der Waals surface area contributed by atoms with E-state index in [4.69, 9.17) is 20.6 Å². The fourth-order valence-corrected chi connectivity index (χ4v) is 1.28. The molecule has 0 saturated carbocycles. The minimum atomic E-state index is -0.884. The summed E-state index contributed by atoms with van der Waals surface area (Å²) in [4.78, 5) is 0. The molecule has 0 aliphatic heterocycles. The number of rotatable bonds is 6. The van der Waals surface area contributed by atoms with Crippen molar-refractivity contribution in [1.29, 1.82) is 5.41 Å². The number of nitrogens with one attached hydrogen (secondary N) is 1. The highest BCUT2D eigenvalue weighted by Crippen LogP contribution is 2.23. The fraction of sp³-hybridized carbons (Fsp3) is 0.417. The second kappa shape index (κ2) is 6.30. The van der Waals surface area contributed by atoms with E-state index >= 15 is 0 Å². The molecule has 0 bridgehead atoms. The minimum Gasteiger partial charge on any atom is -0.485 e. The first-order chi connectivity index (χ1) is 8.41. The van der Waals surface area contributed by atoms with Crippen LogP contribution in [0.2, 0.25) is 0 Å². The van der Waals surface area contributed by atoms with E-state index in [2.05, 4.69) is 0 Å². The highest BCUT2D eigenvalue weighted by atomic mass is 19.1. The number of amidine groups is 1. The molecule has 4 nitrogen and oxygen atoms in total.